The van der Waals surface area contributed by atoms with E-state index < -0.39 is 0 Å². The Morgan fingerprint density at radius 3 is 2.11 bits per heavy atom. The Kier molecular flexibility index (Phi) is 3.52. The lowest BCUT2D eigenvalue weighted by atomic mass is 9.69. The number of ether oxygens (including phenoxy) is 1. The SMILES string of the molecule is CC(CN)C1(c2ccc(C(C)(C)C)cc2)COC1. The highest BCUT2D eigenvalue weighted by atomic mass is 16.5. The summed E-state index contributed by atoms with van der Waals surface area (Å²) in [7, 11) is 0. The third-order valence-electron chi connectivity index (χ3n) is 4.34. The molecule has 0 aromatic heterocycles. The molecule has 100 valence electrons. The molecule has 1 aromatic rings. The van der Waals surface area contributed by atoms with Crippen molar-refractivity contribution in [3.63, 3.8) is 0 Å². The van der Waals surface area contributed by atoms with Gasteiger partial charge in [0.1, 0.15) is 0 Å². The summed E-state index contributed by atoms with van der Waals surface area (Å²) < 4.78 is 5.46. The molecule has 18 heavy (non-hydrogen) atoms. The van der Waals surface area contributed by atoms with Gasteiger partial charge in [-0.15, -0.1) is 0 Å². The quantitative estimate of drug-likeness (QED) is 0.891. The van der Waals surface area contributed by atoms with Crippen LogP contribution in [0.5, 0.6) is 0 Å². The summed E-state index contributed by atoms with van der Waals surface area (Å²) in [5, 5.41) is 0. The largest absolute Gasteiger partial charge is 0.379 e. The molecule has 2 heteroatoms. The number of hydrogen-bond donors (Lipinski definition) is 1. The van der Waals surface area contributed by atoms with Crippen molar-refractivity contribution >= 4 is 0 Å². The number of benzene rings is 1. The highest BCUT2D eigenvalue weighted by molar-refractivity contribution is 5.34. The smallest absolute Gasteiger partial charge is 0.0588 e. The van der Waals surface area contributed by atoms with E-state index in [4.69, 9.17) is 10.5 Å². The van der Waals surface area contributed by atoms with Crippen LogP contribution in [0.1, 0.15) is 38.8 Å². The molecule has 1 aromatic carbocycles. The average Bonchev–Trinajstić information content (AvgIpc) is 2.27. The Labute approximate surface area is 111 Å². The van der Waals surface area contributed by atoms with Crippen LogP contribution in [0.15, 0.2) is 24.3 Å². The van der Waals surface area contributed by atoms with E-state index in [0.29, 0.717) is 12.5 Å². The molecule has 1 fully saturated rings. The predicted octanol–water partition coefficient (Wildman–Crippen LogP) is 2.85. The summed E-state index contributed by atoms with van der Waals surface area (Å²) in [6.45, 7) is 11.3. The van der Waals surface area contributed by atoms with Gasteiger partial charge in [-0.2, -0.15) is 0 Å². The van der Waals surface area contributed by atoms with Crippen molar-refractivity contribution in [1.29, 1.82) is 0 Å². The van der Waals surface area contributed by atoms with Crippen molar-refractivity contribution in [2.75, 3.05) is 19.8 Å². The zero-order valence-corrected chi connectivity index (χ0v) is 12.0. The minimum atomic E-state index is 0.144. The third kappa shape index (κ3) is 2.19. The summed E-state index contributed by atoms with van der Waals surface area (Å²) in [5.74, 6) is 0.465. The maximum absolute atomic E-state index is 5.85. The van der Waals surface area contributed by atoms with E-state index in [0.717, 1.165) is 13.2 Å². The Morgan fingerprint density at radius 1 is 1.22 bits per heavy atom. The minimum absolute atomic E-state index is 0.144. The predicted molar refractivity (Wildman–Crippen MR) is 75.9 cm³/mol. The van der Waals surface area contributed by atoms with E-state index in [1.807, 2.05) is 0 Å². The molecule has 2 nitrogen and oxygen atoms in total. The second-order valence-electron chi connectivity index (χ2n) is 6.61. The molecule has 1 atom stereocenters. The van der Waals surface area contributed by atoms with Crippen LogP contribution in [-0.4, -0.2) is 19.8 Å². The van der Waals surface area contributed by atoms with Gasteiger partial charge in [0.15, 0.2) is 0 Å². The van der Waals surface area contributed by atoms with Gasteiger partial charge in [-0.1, -0.05) is 52.0 Å². The lowest BCUT2D eigenvalue weighted by Crippen LogP contribution is -2.53. The molecule has 1 saturated heterocycles. The van der Waals surface area contributed by atoms with Crippen molar-refractivity contribution in [3.8, 4) is 0 Å². The van der Waals surface area contributed by atoms with E-state index in [9.17, 15) is 0 Å². The molecular formula is C16H25NO. The molecule has 0 spiro atoms. The summed E-state index contributed by atoms with van der Waals surface area (Å²) in [6.07, 6.45) is 0. The van der Waals surface area contributed by atoms with Crippen LogP contribution >= 0.6 is 0 Å². The number of rotatable bonds is 3. The van der Waals surface area contributed by atoms with Gasteiger partial charge in [0, 0.05) is 5.41 Å². The van der Waals surface area contributed by atoms with Gasteiger partial charge >= 0.3 is 0 Å². The Bertz CT molecular complexity index is 398. The van der Waals surface area contributed by atoms with Crippen LogP contribution < -0.4 is 5.73 Å². The van der Waals surface area contributed by atoms with Crippen LogP contribution in [0.3, 0.4) is 0 Å². The van der Waals surface area contributed by atoms with Gasteiger partial charge < -0.3 is 10.5 Å². The van der Waals surface area contributed by atoms with Crippen LogP contribution in [0, 0.1) is 5.92 Å². The van der Waals surface area contributed by atoms with Crippen LogP contribution in [0.25, 0.3) is 0 Å². The van der Waals surface area contributed by atoms with Crippen LogP contribution in [0.4, 0.5) is 0 Å². The van der Waals surface area contributed by atoms with Gasteiger partial charge in [0.25, 0.3) is 0 Å². The first-order chi connectivity index (χ1) is 8.40. The number of nitrogens with two attached hydrogens (primary N) is 1. The zero-order chi connectivity index (χ0) is 13.4. The second kappa shape index (κ2) is 4.67. The van der Waals surface area contributed by atoms with E-state index >= 15 is 0 Å². The van der Waals surface area contributed by atoms with Gasteiger partial charge in [0.2, 0.25) is 0 Å². The van der Waals surface area contributed by atoms with Gasteiger partial charge in [-0.3, -0.25) is 0 Å². The summed E-state index contributed by atoms with van der Waals surface area (Å²) >= 11 is 0. The highest BCUT2D eigenvalue weighted by Crippen LogP contribution is 2.39. The van der Waals surface area contributed by atoms with E-state index in [1.165, 1.54) is 11.1 Å². The maximum atomic E-state index is 5.85. The van der Waals surface area contributed by atoms with Gasteiger partial charge in [-0.05, 0) is 29.0 Å². The molecule has 2 rings (SSSR count). The van der Waals surface area contributed by atoms with Crippen molar-refractivity contribution in [3.05, 3.63) is 35.4 Å². The monoisotopic (exact) mass is 247 g/mol. The fraction of sp³-hybridized carbons (Fsp3) is 0.625. The Morgan fingerprint density at radius 2 is 1.78 bits per heavy atom. The maximum Gasteiger partial charge on any atom is 0.0588 e. The Hall–Kier alpha value is -0.860. The standard InChI is InChI=1S/C16H25NO/c1-12(9-17)16(10-18-11-16)14-7-5-13(6-8-14)15(2,3)4/h5-8,12H,9-11,17H2,1-4H3. The first-order valence-electron chi connectivity index (χ1n) is 6.79. The number of hydrogen-bond acceptors (Lipinski definition) is 2. The van der Waals surface area contributed by atoms with E-state index in [-0.39, 0.29) is 10.8 Å². The molecule has 0 aliphatic carbocycles. The minimum Gasteiger partial charge on any atom is -0.379 e. The molecular weight excluding hydrogens is 222 g/mol. The lowest BCUT2D eigenvalue weighted by Gasteiger charge is -2.46. The van der Waals surface area contributed by atoms with Crippen molar-refractivity contribution < 1.29 is 4.74 Å². The van der Waals surface area contributed by atoms with Crippen LogP contribution in [0.2, 0.25) is 0 Å². The molecule has 1 heterocycles. The topological polar surface area (TPSA) is 35.2 Å². The average molecular weight is 247 g/mol. The summed E-state index contributed by atoms with van der Waals surface area (Å²) in [5.41, 5.74) is 8.95. The normalized spacial score (nSPS) is 20.3. The molecule has 0 bridgehead atoms. The van der Waals surface area contributed by atoms with Crippen molar-refractivity contribution in [1.82, 2.24) is 0 Å². The third-order valence-corrected chi connectivity index (χ3v) is 4.34. The summed E-state index contributed by atoms with van der Waals surface area (Å²) in [6, 6.07) is 9.02. The highest BCUT2D eigenvalue weighted by Gasteiger charge is 2.44. The first kappa shape index (κ1) is 13.6. The fourth-order valence-corrected chi connectivity index (χ4v) is 2.59. The summed E-state index contributed by atoms with van der Waals surface area (Å²) in [4.78, 5) is 0. The molecule has 2 N–H and O–H groups in total. The second-order valence-corrected chi connectivity index (χ2v) is 6.61. The molecule has 1 aliphatic rings. The molecule has 0 radical (unpaired) electrons. The van der Waals surface area contributed by atoms with E-state index in [2.05, 4.69) is 52.0 Å². The van der Waals surface area contributed by atoms with E-state index in [1.54, 1.807) is 0 Å². The van der Waals surface area contributed by atoms with Gasteiger partial charge in [-0.25, -0.2) is 0 Å². The molecule has 1 aliphatic heterocycles. The zero-order valence-electron chi connectivity index (χ0n) is 12.0. The van der Waals surface area contributed by atoms with Crippen molar-refractivity contribution in [2.45, 2.75) is 38.5 Å². The lowest BCUT2D eigenvalue weighted by molar-refractivity contribution is -0.0854. The molecule has 0 saturated carbocycles. The Balaban J connectivity index is 2.28. The van der Waals surface area contributed by atoms with Crippen molar-refractivity contribution in [2.24, 2.45) is 11.7 Å². The van der Waals surface area contributed by atoms with Crippen LogP contribution in [-0.2, 0) is 15.6 Å². The fourth-order valence-electron chi connectivity index (χ4n) is 2.59. The van der Waals surface area contributed by atoms with Gasteiger partial charge in [0.05, 0.1) is 13.2 Å². The molecule has 0 amide bonds. The first-order valence-corrected chi connectivity index (χ1v) is 6.79. The molecule has 1 unspecified atom stereocenters.